The van der Waals surface area contributed by atoms with Crippen molar-refractivity contribution in [2.75, 3.05) is 23.3 Å². The molecule has 0 radical (unpaired) electrons. The van der Waals surface area contributed by atoms with Crippen molar-refractivity contribution in [2.45, 2.75) is 13.3 Å². The van der Waals surface area contributed by atoms with Crippen molar-refractivity contribution in [3.05, 3.63) is 17.8 Å². The average Bonchev–Trinajstić information content (AvgIpc) is 2.63. The molecule has 0 unspecified atom stereocenters. The minimum Gasteiger partial charge on any atom is -0.383 e. The Bertz CT molecular complexity index is 490. The fraction of sp³-hybridized carbons (Fsp3) is 0.333. The molecular formula is C9H13N7O. The van der Waals surface area contributed by atoms with E-state index in [9.17, 15) is 0 Å². The summed E-state index contributed by atoms with van der Waals surface area (Å²) in [5.41, 5.74) is 11.0. The molecule has 8 nitrogen and oxygen atoms in total. The lowest BCUT2D eigenvalue weighted by molar-refractivity contribution is 0.377. The van der Waals surface area contributed by atoms with E-state index >= 15 is 0 Å². The molecule has 5 N–H and O–H groups in total. The zero-order valence-electron chi connectivity index (χ0n) is 9.34. The van der Waals surface area contributed by atoms with Gasteiger partial charge in [-0.1, -0.05) is 5.16 Å². The number of nitrogen functional groups attached to an aromatic ring is 2. The predicted molar refractivity (Wildman–Crippen MR) is 62.1 cm³/mol. The number of nitrogens with zero attached hydrogens (tertiary/aromatic N) is 4. The largest absolute Gasteiger partial charge is 0.383 e. The molecule has 0 bridgehead atoms. The summed E-state index contributed by atoms with van der Waals surface area (Å²) in [6, 6.07) is 1.61. The molecule has 17 heavy (non-hydrogen) atoms. The number of aromatic nitrogens is 4. The van der Waals surface area contributed by atoms with Gasteiger partial charge in [0.2, 0.25) is 11.8 Å². The quantitative estimate of drug-likeness (QED) is 0.674. The van der Waals surface area contributed by atoms with Gasteiger partial charge in [0.05, 0.1) is 0 Å². The molecule has 0 amide bonds. The Morgan fingerprint density at radius 3 is 2.76 bits per heavy atom. The van der Waals surface area contributed by atoms with Gasteiger partial charge in [-0.25, -0.2) is 0 Å². The summed E-state index contributed by atoms with van der Waals surface area (Å²) < 4.78 is 4.97. The van der Waals surface area contributed by atoms with Crippen LogP contribution >= 0.6 is 0 Å². The number of nitrogens with one attached hydrogen (secondary N) is 1. The normalized spacial score (nSPS) is 10.4. The average molecular weight is 235 g/mol. The zero-order valence-corrected chi connectivity index (χ0v) is 9.34. The number of aryl methyl sites for hydroxylation is 1. The summed E-state index contributed by atoms with van der Waals surface area (Å²) >= 11 is 0. The van der Waals surface area contributed by atoms with E-state index in [1.165, 1.54) is 0 Å². The topological polar surface area (TPSA) is 129 Å². The minimum atomic E-state index is 0.140. The van der Waals surface area contributed by atoms with Crippen molar-refractivity contribution in [3.63, 3.8) is 0 Å². The minimum absolute atomic E-state index is 0.140. The highest BCUT2D eigenvalue weighted by molar-refractivity contribution is 5.48. The van der Waals surface area contributed by atoms with Crippen LogP contribution in [0.4, 0.5) is 17.6 Å². The van der Waals surface area contributed by atoms with E-state index in [0.29, 0.717) is 36.3 Å². The Hall–Kier alpha value is -2.38. The monoisotopic (exact) mass is 235 g/mol. The second kappa shape index (κ2) is 4.64. The Kier molecular flexibility index (Phi) is 3.03. The maximum Gasteiger partial charge on any atom is 0.228 e. The van der Waals surface area contributed by atoms with E-state index < -0.39 is 0 Å². The standard InChI is InChI=1S/C9H13N7O/c1-5-13-8(17-16-5)2-3-12-7-4-6(10)14-9(11)15-7/h4H,2-3H2,1H3,(H5,10,11,12,14,15). The number of hydrogen-bond donors (Lipinski definition) is 3. The summed E-state index contributed by atoms with van der Waals surface area (Å²) in [4.78, 5) is 11.8. The van der Waals surface area contributed by atoms with E-state index in [1.807, 2.05) is 0 Å². The van der Waals surface area contributed by atoms with Crippen LogP contribution in [0.5, 0.6) is 0 Å². The maximum atomic E-state index is 5.53. The summed E-state index contributed by atoms with van der Waals surface area (Å²) in [6.45, 7) is 2.36. The highest BCUT2D eigenvalue weighted by Crippen LogP contribution is 2.09. The molecule has 0 aliphatic heterocycles. The molecule has 90 valence electrons. The van der Waals surface area contributed by atoms with E-state index in [4.69, 9.17) is 16.0 Å². The summed E-state index contributed by atoms with van der Waals surface area (Å²) in [7, 11) is 0. The predicted octanol–water partition coefficient (Wildman–Crippen LogP) is -0.0130. The number of anilines is 3. The SMILES string of the molecule is Cc1noc(CCNc2cc(N)nc(N)n2)n1. The summed E-state index contributed by atoms with van der Waals surface area (Å²) in [5, 5.41) is 6.74. The molecule has 0 atom stereocenters. The van der Waals surface area contributed by atoms with Gasteiger partial charge in [-0.2, -0.15) is 15.0 Å². The smallest absolute Gasteiger partial charge is 0.228 e. The molecule has 2 rings (SSSR count). The van der Waals surface area contributed by atoms with Gasteiger partial charge >= 0.3 is 0 Å². The van der Waals surface area contributed by atoms with Gasteiger partial charge in [0, 0.05) is 19.0 Å². The Labute approximate surface area is 97.4 Å². The number of nitrogens with two attached hydrogens (primary N) is 2. The number of hydrogen-bond acceptors (Lipinski definition) is 8. The fourth-order valence-corrected chi connectivity index (χ4v) is 1.31. The third-order valence-corrected chi connectivity index (χ3v) is 1.98. The zero-order chi connectivity index (χ0) is 12.3. The van der Waals surface area contributed by atoms with Gasteiger partial charge in [-0.3, -0.25) is 0 Å². The molecule has 8 heteroatoms. The highest BCUT2D eigenvalue weighted by Gasteiger charge is 2.03. The van der Waals surface area contributed by atoms with Gasteiger partial charge in [0.1, 0.15) is 11.6 Å². The van der Waals surface area contributed by atoms with Crippen LogP contribution < -0.4 is 16.8 Å². The van der Waals surface area contributed by atoms with Crippen LogP contribution in [0.25, 0.3) is 0 Å². The molecule has 0 saturated heterocycles. The molecular weight excluding hydrogens is 222 g/mol. The third kappa shape index (κ3) is 3.03. The van der Waals surface area contributed by atoms with Crippen molar-refractivity contribution < 1.29 is 4.52 Å². The van der Waals surface area contributed by atoms with Crippen LogP contribution in [0, 0.1) is 6.92 Å². The first-order valence-corrected chi connectivity index (χ1v) is 5.06. The van der Waals surface area contributed by atoms with Crippen molar-refractivity contribution in [1.82, 2.24) is 20.1 Å². The third-order valence-electron chi connectivity index (χ3n) is 1.98. The maximum absolute atomic E-state index is 5.53. The molecule has 0 aliphatic rings. The van der Waals surface area contributed by atoms with Gasteiger partial charge in [-0.15, -0.1) is 0 Å². The summed E-state index contributed by atoms with van der Waals surface area (Å²) in [6.07, 6.45) is 0.602. The first-order chi connectivity index (χ1) is 8.13. The van der Waals surface area contributed by atoms with E-state index in [0.717, 1.165) is 0 Å². The molecule has 2 aromatic rings. The van der Waals surface area contributed by atoms with Crippen molar-refractivity contribution in [2.24, 2.45) is 0 Å². The molecule has 2 aromatic heterocycles. The van der Waals surface area contributed by atoms with Crippen LogP contribution in [0.2, 0.25) is 0 Å². The first-order valence-electron chi connectivity index (χ1n) is 5.06. The summed E-state index contributed by atoms with van der Waals surface area (Å²) in [5.74, 6) is 2.24. The van der Waals surface area contributed by atoms with Crippen molar-refractivity contribution >= 4 is 17.6 Å². The second-order valence-electron chi connectivity index (χ2n) is 3.45. The fourth-order valence-electron chi connectivity index (χ4n) is 1.31. The van der Waals surface area contributed by atoms with Gasteiger partial charge in [0.25, 0.3) is 0 Å². The lowest BCUT2D eigenvalue weighted by Crippen LogP contribution is -2.09. The lowest BCUT2D eigenvalue weighted by Gasteiger charge is -2.04. The van der Waals surface area contributed by atoms with Crippen LogP contribution in [0.3, 0.4) is 0 Å². The van der Waals surface area contributed by atoms with Crippen molar-refractivity contribution in [3.8, 4) is 0 Å². The van der Waals surface area contributed by atoms with Gasteiger partial charge in [-0.05, 0) is 6.92 Å². The van der Waals surface area contributed by atoms with Crippen LogP contribution in [-0.4, -0.2) is 26.7 Å². The van der Waals surface area contributed by atoms with Crippen LogP contribution in [0.1, 0.15) is 11.7 Å². The second-order valence-corrected chi connectivity index (χ2v) is 3.45. The van der Waals surface area contributed by atoms with Crippen molar-refractivity contribution in [1.29, 1.82) is 0 Å². The Morgan fingerprint density at radius 1 is 1.29 bits per heavy atom. The molecule has 0 aromatic carbocycles. The highest BCUT2D eigenvalue weighted by atomic mass is 16.5. The molecule has 0 saturated carbocycles. The molecule has 0 aliphatic carbocycles. The molecule has 0 fully saturated rings. The van der Waals surface area contributed by atoms with E-state index in [2.05, 4.69) is 25.4 Å². The molecule has 2 heterocycles. The number of rotatable bonds is 4. The Balaban J connectivity index is 1.89. The van der Waals surface area contributed by atoms with E-state index in [1.54, 1.807) is 13.0 Å². The van der Waals surface area contributed by atoms with Gasteiger partial charge < -0.3 is 21.3 Å². The molecule has 0 spiro atoms. The van der Waals surface area contributed by atoms with Crippen LogP contribution in [0.15, 0.2) is 10.6 Å². The van der Waals surface area contributed by atoms with Gasteiger partial charge in [0.15, 0.2) is 5.82 Å². The lowest BCUT2D eigenvalue weighted by atomic mass is 10.4. The first kappa shape index (κ1) is 11.1. The Morgan fingerprint density at radius 2 is 2.12 bits per heavy atom. The van der Waals surface area contributed by atoms with E-state index in [-0.39, 0.29) is 5.95 Å². The van der Waals surface area contributed by atoms with Crippen LogP contribution in [-0.2, 0) is 6.42 Å².